The standard InChI is InChI=1S/C11H14FNO2/c1-7-3-4-10(12)9(5-7)6-13-8(2)11(14)15/h3-5,8,13H,6H2,1-2H3,(H,14,15). The molecule has 0 aromatic heterocycles. The van der Waals surface area contributed by atoms with Crippen molar-refractivity contribution >= 4 is 5.97 Å². The van der Waals surface area contributed by atoms with Crippen molar-refractivity contribution < 1.29 is 14.3 Å². The van der Waals surface area contributed by atoms with Crippen LogP contribution in [-0.2, 0) is 11.3 Å². The molecule has 82 valence electrons. The number of hydrogen-bond acceptors (Lipinski definition) is 2. The van der Waals surface area contributed by atoms with E-state index in [9.17, 15) is 9.18 Å². The fourth-order valence-corrected chi connectivity index (χ4v) is 1.19. The van der Waals surface area contributed by atoms with Gasteiger partial charge in [0, 0.05) is 12.1 Å². The first-order chi connectivity index (χ1) is 7.00. The Morgan fingerprint density at radius 1 is 1.60 bits per heavy atom. The summed E-state index contributed by atoms with van der Waals surface area (Å²) in [7, 11) is 0. The molecule has 0 bridgehead atoms. The van der Waals surface area contributed by atoms with Crippen molar-refractivity contribution in [3.63, 3.8) is 0 Å². The molecule has 15 heavy (non-hydrogen) atoms. The molecule has 0 fully saturated rings. The van der Waals surface area contributed by atoms with Crippen LogP contribution in [0.1, 0.15) is 18.1 Å². The van der Waals surface area contributed by atoms with E-state index < -0.39 is 12.0 Å². The third-order valence-electron chi connectivity index (χ3n) is 2.17. The molecule has 1 rings (SSSR count). The predicted molar refractivity (Wildman–Crippen MR) is 55.1 cm³/mol. The first-order valence-corrected chi connectivity index (χ1v) is 4.72. The molecule has 1 unspecified atom stereocenters. The molecule has 0 radical (unpaired) electrons. The van der Waals surface area contributed by atoms with Crippen molar-refractivity contribution in [2.24, 2.45) is 0 Å². The lowest BCUT2D eigenvalue weighted by Crippen LogP contribution is -2.33. The van der Waals surface area contributed by atoms with Gasteiger partial charge in [0.2, 0.25) is 0 Å². The van der Waals surface area contributed by atoms with Crippen LogP contribution < -0.4 is 5.32 Å². The van der Waals surface area contributed by atoms with Gasteiger partial charge in [0.15, 0.2) is 0 Å². The van der Waals surface area contributed by atoms with Gasteiger partial charge in [0.1, 0.15) is 11.9 Å². The van der Waals surface area contributed by atoms with Gasteiger partial charge in [-0.3, -0.25) is 4.79 Å². The van der Waals surface area contributed by atoms with Crippen LogP contribution in [0.3, 0.4) is 0 Å². The second kappa shape index (κ2) is 4.89. The highest BCUT2D eigenvalue weighted by Gasteiger charge is 2.10. The fraction of sp³-hybridized carbons (Fsp3) is 0.364. The van der Waals surface area contributed by atoms with E-state index in [2.05, 4.69) is 5.32 Å². The second-order valence-electron chi connectivity index (χ2n) is 3.54. The summed E-state index contributed by atoms with van der Waals surface area (Å²) in [4.78, 5) is 10.5. The summed E-state index contributed by atoms with van der Waals surface area (Å²) in [6.45, 7) is 3.61. The summed E-state index contributed by atoms with van der Waals surface area (Å²) in [6, 6.07) is 4.10. The summed E-state index contributed by atoms with van der Waals surface area (Å²) >= 11 is 0. The average molecular weight is 211 g/mol. The average Bonchev–Trinajstić information content (AvgIpc) is 2.18. The number of carboxylic acid groups (broad SMARTS) is 1. The lowest BCUT2D eigenvalue weighted by atomic mass is 10.1. The normalized spacial score (nSPS) is 12.5. The number of nitrogens with one attached hydrogen (secondary N) is 1. The largest absolute Gasteiger partial charge is 0.480 e. The second-order valence-corrected chi connectivity index (χ2v) is 3.54. The Hall–Kier alpha value is -1.42. The Kier molecular flexibility index (Phi) is 3.80. The van der Waals surface area contributed by atoms with Gasteiger partial charge in [-0.25, -0.2) is 4.39 Å². The number of rotatable bonds is 4. The van der Waals surface area contributed by atoms with Gasteiger partial charge >= 0.3 is 5.97 Å². The van der Waals surface area contributed by atoms with E-state index in [0.717, 1.165) is 5.56 Å². The smallest absolute Gasteiger partial charge is 0.320 e. The van der Waals surface area contributed by atoms with E-state index in [1.54, 1.807) is 12.1 Å². The summed E-state index contributed by atoms with van der Waals surface area (Å²) in [5, 5.41) is 11.4. The lowest BCUT2D eigenvalue weighted by molar-refractivity contribution is -0.139. The van der Waals surface area contributed by atoms with Gasteiger partial charge in [-0.15, -0.1) is 0 Å². The van der Waals surface area contributed by atoms with Gasteiger partial charge in [-0.2, -0.15) is 0 Å². The molecule has 1 aromatic carbocycles. The van der Waals surface area contributed by atoms with Gasteiger partial charge in [-0.05, 0) is 19.9 Å². The van der Waals surface area contributed by atoms with Crippen molar-refractivity contribution in [2.45, 2.75) is 26.4 Å². The van der Waals surface area contributed by atoms with Gasteiger partial charge < -0.3 is 10.4 Å². The molecule has 0 aliphatic carbocycles. The molecule has 0 spiro atoms. The SMILES string of the molecule is Cc1ccc(F)c(CNC(C)C(=O)O)c1. The zero-order valence-corrected chi connectivity index (χ0v) is 8.75. The quantitative estimate of drug-likeness (QED) is 0.796. The van der Waals surface area contributed by atoms with E-state index in [1.807, 2.05) is 6.92 Å². The highest BCUT2D eigenvalue weighted by molar-refractivity contribution is 5.72. The molecule has 3 nitrogen and oxygen atoms in total. The number of aryl methyl sites for hydroxylation is 1. The van der Waals surface area contributed by atoms with Gasteiger partial charge in [0.05, 0.1) is 0 Å². The van der Waals surface area contributed by atoms with Crippen molar-refractivity contribution in [3.8, 4) is 0 Å². The molecule has 0 saturated heterocycles. The topological polar surface area (TPSA) is 49.3 Å². The molecule has 0 aliphatic heterocycles. The number of carboxylic acids is 1. The molecule has 0 heterocycles. The van der Waals surface area contributed by atoms with Crippen LogP contribution in [0, 0.1) is 12.7 Å². The fourth-order valence-electron chi connectivity index (χ4n) is 1.19. The summed E-state index contributed by atoms with van der Waals surface area (Å²) in [5.74, 6) is -1.26. The minimum absolute atomic E-state index is 0.223. The van der Waals surface area contributed by atoms with E-state index in [-0.39, 0.29) is 12.4 Å². The van der Waals surface area contributed by atoms with Crippen LogP contribution in [-0.4, -0.2) is 17.1 Å². The Labute approximate surface area is 87.9 Å². The molecule has 1 atom stereocenters. The van der Waals surface area contributed by atoms with Crippen LogP contribution in [0.15, 0.2) is 18.2 Å². The maximum atomic E-state index is 13.2. The summed E-state index contributed by atoms with van der Waals surface area (Å²) < 4.78 is 13.2. The maximum Gasteiger partial charge on any atom is 0.320 e. The third-order valence-corrected chi connectivity index (χ3v) is 2.17. The van der Waals surface area contributed by atoms with Gasteiger partial charge in [0.25, 0.3) is 0 Å². The molecule has 0 amide bonds. The van der Waals surface area contributed by atoms with Crippen LogP contribution >= 0.6 is 0 Å². The van der Waals surface area contributed by atoms with Crippen molar-refractivity contribution in [2.75, 3.05) is 0 Å². The number of aliphatic carboxylic acids is 1. The Morgan fingerprint density at radius 3 is 2.87 bits per heavy atom. The molecule has 1 aromatic rings. The number of carbonyl (C=O) groups is 1. The highest BCUT2D eigenvalue weighted by Crippen LogP contribution is 2.09. The van der Waals surface area contributed by atoms with Crippen LogP contribution in [0.5, 0.6) is 0 Å². The van der Waals surface area contributed by atoms with Crippen LogP contribution in [0.4, 0.5) is 4.39 Å². The molecule has 4 heteroatoms. The highest BCUT2D eigenvalue weighted by atomic mass is 19.1. The Bertz CT molecular complexity index is 366. The molecule has 2 N–H and O–H groups in total. The third kappa shape index (κ3) is 3.32. The zero-order valence-electron chi connectivity index (χ0n) is 8.75. The van der Waals surface area contributed by atoms with E-state index in [1.165, 1.54) is 13.0 Å². The molecule has 0 aliphatic rings. The first-order valence-electron chi connectivity index (χ1n) is 4.72. The van der Waals surface area contributed by atoms with Crippen molar-refractivity contribution in [1.82, 2.24) is 5.32 Å². The maximum absolute atomic E-state index is 13.2. The Balaban J connectivity index is 2.65. The Morgan fingerprint density at radius 2 is 2.27 bits per heavy atom. The minimum atomic E-state index is -0.942. The molecular formula is C11H14FNO2. The minimum Gasteiger partial charge on any atom is -0.480 e. The zero-order chi connectivity index (χ0) is 11.4. The van der Waals surface area contributed by atoms with E-state index in [0.29, 0.717) is 5.56 Å². The summed E-state index contributed by atoms with van der Waals surface area (Å²) in [6.07, 6.45) is 0. The first kappa shape index (κ1) is 11.7. The lowest BCUT2D eigenvalue weighted by Gasteiger charge is -2.10. The number of halogens is 1. The summed E-state index contributed by atoms with van der Waals surface area (Å²) in [5.41, 5.74) is 1.44. The molecule has 0 saturated carbocycles. The number of benzene rings is 1. The van der Waals surface area contributed by atoms with Crippen LogP contribution in [0.2, 0.25) is 0 Å². The predicted octanol–water partition coefficient (Wildman–Crippen LogP) is 1.70. The monoisotopic (exact) mass is 211 g/mol. The van der Waals surface area contributed by atoms with E-state index >= 15 is 0 Å². The molecular weight excluding hydrogens is 197 g/mol. The van der Waals surface area contributed by atoms with Crippen LogP contribution in [0.25, 0.3) is 0 Å². The van der Waals surface area contributed by atoms with E-state index in [4.69, 9.17) is 5.11 Å². The van der Waals surface area contributed by atoms with Crippen molar-refractivity contribution in [3.05, 3.63) is 35.1 Å². The van der Waals surface area contributed by atoms with Gasteiger partial charge in [-0.1, -0.05) is 17.7 Å². The number of hydrogen-bond donors (Lipinski definition) is 2. The van der Waals surface area contributed by atoms with Crippen molar-refractivity contribution in [1.29, 1.82) is 0 Å².